The lowest BCUT2D eigenvalue weighted by Gasteiger charge is -2.12. The highest BCUT2D eigenvalue weighted by molar-refractivity contribution is 6.30. The Labute approximate surface area is 98.4 Å². The van der Waals surface area contributed by atoms with E-state index in [9.17, 15) is 13.9 Å². The summed E-state index contributed by atoms with van der Waals surface area (Å²) in [4.78, 5) is 0. The molecule has 88 valence electrons. The number of aliphatic hydroxyl groups excluding tert-OH is 1. The maximum Gasteiger partial charge on any atom is 0.142 e. The predicted molar refractivity (Wildman–Crippen MR) is 60.4 cm³/mol. The second-order valence-corrected chi connectivity index (χ2v) is 4.21. The lowest BCUT2D eigenvalue weighted by atomic mass is 10.0. The molecule has 16 heavy (non-hydrogen) atoms. The number of halogens is 3. The van der Waals surface area contributed by atoms with Crippen LogP contribution in [0.4, 0.5) is 8.78 Å². The summed E-state index contributed by atoms with van der Waals surface area (Å²) in [6.45, 7) is 5.49. The summed E-state index contributed by atoms with van der Waals surface area (Å²) < 4.78 is 26.5. The Kier molecular flexibility index (Phi) is 4.44. The minimum Gasteiger partial charge on any atom is -0.388 e. The predicted octanol–water partition coefficient (Wildman–Crippen LogP) is 4.01. The van der Waals surface area contributed by atoms with E-state index >= 15 is 0 Å². The molecule has 1 aromatic rings. The number of aliphatic hydroxyl groups is 1. The van der Waals surface area contributed by atoms with Gasteiger partial charge >= 0.3 is 0 Å². The van der Waals surface area contributed by atoms with Gasteiger partial charge in [0, 0.05) is 5.56 Å². The lowest BCUT2D eigenvalue weighted by Crippen LogP contribution is -2.02. The first kappa shape index (κ1) is 13.1. The summed E-state index contributed by atoms with van der Waals surface area (Å²) >= 11 is 5.41. The third-order valence-corrected chi connectivity index (χ3v) is 2.53. The molecule has 1 unspecified atom stereocenters. The van der Waals surface area contributed by atoms with Crippen LogP contribution < -0.4 is 0 Å². The highest BCUT2D eigenvalue weighted by Crippen LogP contribution is 2.27. The average molecular weight is 247 g/mol. The summed E-state index contributed by atoms with van der Waals surface area (Å²) in [5.41, 5.74) is 0.817. The third-order valence-electron chi connectivity index (χ3n) is 2.24. The van der Waals surface area contributed by atoms with Gasteiger partial charge < -0.3 is 5.11 Å². The molecule has 1 N–H and O–H groups in total. The largest absolute Gasteiger partial charge is 0.388 e. The summed E-state index contributed by atoms with van der Waals surface area (Å²) in [5.74, 6) is -1.42. The molecule has 1 rings (SSSR count). The number of hydrogen-bond acceptors (Lipinski definition) is 1. The van der Waals surface area contributed by atoms with Crippen molar-refractivity contribution in [2.45, 2.75) is 25.9 Å². The monoisotopic (exact) mass is 246 g/mol. The van der Waals surface area contributed by atoms with E-state index in [0.29, 0.717) is 12.8 Å². The molecule has 0 saturated carbocycles. The first-order chi connectivity index (χ1) is 7.41. The van der Waals surface area contributed by atoms with Crippen molar-refractivity contribution in [1.82, 2.24) is 0 Å². The molecule has 0 fully saturated rings. The molecule has 1 aromatic carbocycles. The second-order valence-electron chi connectivity index (χ2n) is 3.80. The van der Waals surface area contributed by atoms with Crippen molar-refractivity contribution >= 4 is 11.6 Å². The zero-order valence-electron chi connectivity index (χ0n) is 8.93. The van der Waals surface area contributed by atoms with Crippen LogP contribution in [0.5, 0.6) is 0 Å². The third kappa shape index (κ3) is 3.29. The van der Waals surface area contributed by atoms with E-state index in [1.807, 2.05) is 6.92 Å². The summed E-state index contributed by atoms with van der Waals surface area (Å²) in [6, 6.07) is 1.80. The zero-order chi connectivity index (χ0) is 12.3. The molecule has 0 aliphatic heterocycles. The fraction of sp³-hybridized carbons (Fsp3) is 0.333. The molecule has 0 saturated heterocycles. The Morgan fingerprint density at radius 3 is 2.62 bits per heavy atom. The summed E-state index contributed by atoms with van der Waals surface area (Å²) in [7, 11) is 0. The quantitative estimate of drug-likeness (QED) is 0.629. The number of hydrogen-bond donors (Lipinski definition) is 1. The van der Waals surface area contributed by atoms with Gasteiger partial charge in [-0.1, -0.05) is 17.2 Å². The van der Waals surface area contributed by atoms with Crippen molar-refractivity contribution in [3.05, 3.63) is 46.5 Å². The van der Waals surface area contributed by atoms with Gasteiger partial charge in [0.25, 0.3) is 0 Å². The molecular formula is C12H13ClF2O. The van der Waals surface area contributed by atoms with Crippen molar-refractivity contribution in [3.8, 4) is 0 Å². The van der Waals surface area contributed by atoms with Crippen LogP contribution in [0.3, 0.4) is 0 Å². The van der Waals surface area contributed by atoms with Gasteiger partial charge in [0.2, 0.25) is 0 Å². The van der Waals surface area contributed by atoms with Crippen molar-refractivity contribution in [1.29, 1.82) is 0 Å². The number of rotatable bonds is 4. The van der Waals surface area contributed by atoms with E-state index in [1.54, 1.807) is 0 Å². The number of allylic oxidation sites excluding steroid dienone is 1. The first-order valence-electron chi connectivity index (χ1n) is 4.88. The standard InChI is InChI=1S/C12H13ClF2O/c1-7(2)3-4-12(16)8-5-11(15)9(13)6-10(8)14/h5-6,12,16H,1,3-4H2,2H3. The number of benzene rings is 1. The Hall–Kier alpha value is -0.930. The van der Waals surface area contributed by atoms with Gasteiger partial charge in [-0.15, -0.1) is 6.58 Å². The zero-order valence-corrected chi connectivity index (χ0v) is 9.69. The lowest BCUT2D eigenvalue weighted by molar-refractivity contribution is 0.162. The van der Waals surface area contributed by atoms with Crippen LogP contribution in [0.1, 0.15) is 31.4 Å². The van der Waals surface area contributed by atoms with Gasteiger partial charge in [0.15, 0.2) is 0 Å². The van der Waals surface area contributed by atoms with E-state index < -0.39 is 17.7 Å². The summed E-state index contributed by atoms with van der Waals surface area (Å²) in [5, 5.41) is 9.39. The Bertz CT molecular complexity index is 404. The van der Waals surface area contributed by atoms with Crippen molar-refractivity contribution < 1.29 is 13.9 Å². The highest BCUT2D eigenvalue weighted by Gasteiger charge is 2.15. The smallest absolute Gasteiger partial charge is 0.142 e. The summed E-state index contributed by atoms with van der Waals surface area (Å²) in [6.07, 6.45) is -0.165. The maximum atomic E-state index is 13.4. The fourth-order valence-electron chi connectivity index (χ4n) is 1.33. The molecule has 0 bridgehead atoms. The van der Waals surface area contributed by atoms with Crippen LogP contribution in [-0.2, 0) is 0 Å². The van der Waals surface area contributed by atoms with E-state index in [2.05, 4.69) is 6.58 Å². The molecule has 0 aliphatic carbocycles. The molecule has 0 aromatic heterocycles. The molecule has 0 spiro atoms. The van der Waals surface area contributed by atoms with Gasteiger partial charge in [0.05, 0.1) is 11.1 Å². The Morgan fingerprint density at radius 2 is 2.06 bits per heavy atom. The average Bonchev–Trinajstić information content (AvgIpc) is 2.20. The van der Waals surface area contributed by atoms with E-state index in [0.717, 1.165) is 17.7 Å². The molecular weight excluding hydrogens is 234 g/mol. The van der Waals surface area contributed by atoms with Gasteiger partial charge in [0.1, 0.15) is 11.6 Å². The van der Waals surface area contributed by atoms with Crippen LogP contribution in [0.15, 0.2) is 24.3 Å². The van der Waals surface area contributed by atoms with Crippen LogP contribution in [-0.4, -0.2) is 5.11 Å². The fourth-order valence-corrected chi connectivity index (χ4v) is 1.48. The van der Waals surface area contributed by atoms with E-state index in [4.69, 9.17) is 11.6 Å². The minimum atomic E-state index is -1.04. The van der Waals surface area contributed by atoms with Crippen molar-refractivity contribution in [2.75, 3.05) is 0 Å². The van der Waals surface area contributed by atoms with Gasteiger partial charge in [-0.3, -0.25) is 0 Å². The van der Waals surface area contributed by atoms with Gasteiger partial charge in [-0.05, 0) is 31.9 Å². The first-order valence-corrected chi connectivity index (χ1v) is 5.26. The minimum absolute atomic E-state index is 0.0665. The molecule has 0 amide bonds. The topological polar surface area (TPSA) is 20.2 Å². The van der Waals surface area contributed by atoms with Crippen molar-refractivity contribution in [3.63, 3.8) is 0 Å². The normalized spacial score (nSPS) is 12.6. The molecule has 0 aliphatic rings. The van der Waals surface area contributed by atoms with Gasteiger partial charge in [-0.25, -0.2) is 8.78 Å². The molecule has 0 heterocycles. The second kappa shape index (κ2) is 5.41. The highest BCUT2D eigenvalue weighted by atomic mass is 35.5. The Balaban J connectivity index is 2.86. The molecule has 1 atom stereocenters. The SMILES string of the molecule is C=C(C)CCC(O)c1cc(F)c(Cl)cc1F. The molecule has 1 nitrogen and oxygen atoms in total. The van der Waals surface area contributed by atoms with Crippen LogP contribution in [0.25, 0.3) is 0 Å². The van der Waals surface area contributed by atoms with Crippen LogP contribution in [0.2, 0.25) is 5.02 Å². The van der Waals surface area contributed by atoms with E-state index in [1.165, 1.54) is 0 Å². The van der Waals surface area contributed by atoms with E-state index in [-0.39, 0.29) is 10.6 Å². The molecule has 4 heteroatoms. The van der Waals surface area contributed by atoms with Crippen LogP contribution in [0, 0.1) is 11.6 Å². The Morgan fingerprint density at radius 1 is 1.44 bits per heavy atom. The van der Waals surface area contributed by atoms with Crippen molar-refractivity contribution in [2.24, 2.45) is 0 Å². The van der Waals surface area contributed by atoms with Crippen LogP contribution >= 0.6 is 11.6 Å². The maximum absolute atomic E-state index is 13.4. The molecule has 0 radical (unpaired) electrons. The van der Waals surface area contributed by atoms with Gasteiger partial charge in [-0.2, -0.15) is 0 Å².